The molecule has 4 rings (SSSR count). The molecule has 0 aliphatic rings. The number of aryl methyl sites for hydroxylation is 1. The normalized spacial score (nSPS) is 11.7. The number of halogens is 2. The number of carbonyl (C=O) groups is 2. The Kier molecular flexibility index (Phi) is 7.02. The van der Waals surface area contributed by atoms with Gasteiger partial charge in [0.25, 0.3) is 0 Å². The van der Waals surface area contributed by atoms with Gasteiger partial charge in [-0.2, -0.15) is 0 Å². The quantitative estimate of drug-likeness (QED) is 0.299. The number of nitrogens with zero attached hydrogens (tertiary/aromatic N) is 3. The number of nitrogens with one attached hydrogen (secondary N) is 3. The Balaban J connectivity index is 1.72. The number of H-pyrrole nitrogens is 1. The third kappa shape index (κ3) is 5.05. The lowest BCUT2D eigenvalue weighted by Crippen LogP contribution is -2.34. The summed E-state index contributed by atoms with van der Waals surface area (Å²) < 4.78 is 0. The lowest BCUT2D eigenvalue weighted by molar-refractivity contribution is 0.103. The molecular formula is C22H18Cl2N6O2S. The van der Waals surface area contributed by atoms with Gasteiger partial charge in [0.15, 0.2) is 11.6 Å². The van der Waals surface area contributed by atoms with Gasteiger partial charge in [-0.1, -0.05) is 54.4 Å². The Morgan fingerprint density at radius 3 is 2.45 bits per heavy atom. The zero-order valence-electron chi connectivity index (χ0n) is 17.3. The molecule has 2 amide bonds. The number of rotatable bonds is 7. The Labute approximate surface area is 203 Å². The lowest BCUT2D eigenvalue weighted by atomic mass is 10.0. The van der Waals surface area contributed by atoms with Crippen LogP contribution in [-0.4, -0.2) is 32.4 Å². The molecule has 8 nitrogen and oxygen atoms in total. The number of anilines is 1. The molecular weight excluding hydrogens is 483 g/mol. The van der Waals surface area contributed by atoms with Crippen molar-refractivity contribution < 1.29 is 9.59 Å². The number of hydrogen-bond donors (Lipinski definition) is 3. The number of thiophene rings is 1. The van der Waals surface area contributed by atoms with E-state index in [1.807, 2.05) is 13.0 Å². The monoisotopic (exact) mass is 500 g/mol. The maximum atomic E-state index is 13.4. The van der Waals surface area contributed by atoms with Crippen LogP contribution in [0.1, 0.15) is 44.5 Å². The molecule has 0 saturated heterocycles. The van der Waals surface area contributed by atoms with Crippen molar-refractivity contribution in [3.8, 4) is 0 Å². The van der Waals surface area contributed by atoms with Crippen LogP contribution >= 0.6 is 34.5 Å². The van der Waals surface area contributed by atoms with Gasteiger partial charge in [-0.25, -0.2) is 9.89 Å². The number of tetrazole rings is 1. The summed E-state index contributed by atoms with van der Waals surface area (Å²) in [6, 6.07) is 14.2. The van der Waals surface area contributed by atoms with Gasteiger partial charge in [-0.3, -0.25) is 4.79 Å². The predicted octanol–water partition coefficient (Wildman–Crippen LogP) is 5.27. The zero-order valence-corrected chi connectivity index (χ0v) is 19.6. The van der Waals surface area contributed by atoms with Gasteiger partial charge in [0.2, 0.25) is 0 Å². The highest BCUT2D eigenvalue weighted by atomic mass is 35.5. The molecule has 2 heterocycles. The van der Waals surface area contributed by atoms with E-state index in [4.69, 9.17) is 23.2 Å². The van der Waals surface area contributed by atoms with Crippen LogP contribution in [0.4, 0.5) is 10.5 Å². The molecule has 2 aromatic heterocycles. The number of aromatic nitrogens is 4. The highest BCUT2D eigenvalue weighted by Crippen LogP contribution is 2.34. The number of para-hydroxylation sites is 1. The molecule has 3 N–H and O–H groups in total. The maximum Gasteiger partial charge on any atom is 0.320 e. The van der Waals surface area contributed by atoms with E-state index < -0.39 is 12.1 Å². The van der Waals surface area contributed by atoms with Crippen LogP contribution in [-0.2, 0) is 6.42 Å². The molecule has 1 unspecified atom stereocenters. The van der Waals surface area contributed by atoms with E-state index in [2.05, 4.69) is 31.3 Å². The van der Waals surface area contributed by atoms with E-state index in [0.717, 1.165) is 4.88 Å². The average molecular weight is 501 g/mol. The third-order valence-electron chi connectivity index (χ3n) is 4.82. The van der Waals surface area contributed by atoms with Crippen LogP contribution < -0.4 is 10.6 Å². The zero-order chi connectivity index (χ0) is 23.4. The molecule has 33 heavy (non-hydrogen) atoms. The number of carbonyl (C=O) groups excluding carboxylic acids is 2. The average Bonchev–Trinajstić information content (AvgIpc) is 3.49. The summed E-state index contributed by atoms with van der Waals surface area (Å²) >= 11 is 13.8. The largest absolute Gasteiger partial charge is 0.323 e. The molecule has 4 aromatic rings. The Hall–Kier alpha value is -3.27. The summed E-state index contributed by atoms with van der Waals surface area (Å²) in [5.74, 6) is 0.0272. The minimum absolute atomic E-state index is 0.252. The number of hydrogen-bond acceptors (Lipinski definition) is 6. The van der Waals surface area contributed by atoms with Crippen LogP contribution in [0.2, 0.25) is 10.0 Å². The van der Waals surface area contributed by atoms with Crippen molar-refractivity contribution >= 4 is 52.0 Å². The smallest absolute Gasteiger partial charge is 0.320 e. The second kappa shape index (κ2) is 10.1. The molecule has 0 bridgehead atoms. The SMILES string of the molecule is CCc1cc(C(=O)c2ccccc2Cl)c(C(NC(=O)Nc2ccccc2Cl)c2nnn[nH]2)s1. The first-order valence-corrected chi connectivity index (χ1v) is 11.5. The highest BCUT2D eigenvalue weighted by Gasteiger charge is 2.29. The third-order valence-corrected chi connectivity index (χ3v) is 6.82. The van der Waals surface area contributed by atoms with Gasteiger partial charge >= 0.3 is 6.03 Å². The van der Waals surface area contributed by atoms with E-state index in [0.29, 0.717) is 38.2 Å². The molecule has 11 heteroatoms. The van der Waals surface area contributed by atoms with E-state index in [1.54, 1.807) is 48.5 Å². The highest BCUT2D eigenvalue weighted by molar-refractivity contribution is 7.12. The van der Waals surface area contributed by atoms with Crippen molar-refractivity contribution in [1.29, 1.82) is 0 Å². The first kappa shape index (κ1) is 22.9. The van der Waals surface area contributed by atoms with Crippen molar-refractivity contribution in [2.75, 3.05) is 5.32 Å². The minimum atomic E-state index is -0.811. The fourth-order valence-electron chi connectivity index (χ4n) is 3.21. The summed E-state index contributed by atoms with van der Waals surface area (Å²) in [5, 5.41) is 20.2. The van der Waals surface area contributed by atoms with Gasteiger partial charge in [-0.15, -0.1) is 16.4 Å². The molecule has 0 radical (unpaired) electrons. The molecule has 0 saturated carbocycles. The number of urea groups is 1. The summed E-state index contributed by atoms with van der Waals surface area (Å²) in [4.78, 5) is 27.8. The summed E-state index contributed by atoms with van der Waals surface area (Å²) in [7, 11) is 0. The van der Waals surface area contributed by atoms with Crippen LogP contribution in [0.3, 0.4) is 0 Å². The molecule has 0 aliphatic carbocycles. The van der Waals surface area contributed by atoms with Gasteiger partial charge in [0.1, 0.15) is 6.04 Å². The maximum absolute atomic E-state index is 13.4. The molecule has 0 fully saturated rings. The Morgan fingerprint density at radius 2 is 1.79 bits per heavy atom. The predicted molar refractivity (Wildman–Crippen MR) is 128 cm³/mol. The van der Waals surface area contributed by atoms with Crippen LogP contribution in [0.5, 0.6) is 0 Å². The fourth-order valence-corrected chi connectivity index (χ4v) is 4.77. The molecule has 0 aliphatic heterocycles. The van der Waals surface area contributed by atoms with E-state index >= 15 is 0 Å². The van der Waals surface area contributed by atoms with Crippen molar-refractivity contribution in [1.82, 2.24) is 25.9 Å². The van der Waals surface area contributed by atoms with Crippen molar-refractivity contribution in [3.05, 3.63) is 91.3 Å². The Bertz CT molecular complexity index is 1290. The van der Waals surface area contributed by atoms with E-state index in [1.165, 1.54) is 11.3 Å². The Morgan fingerprint density at radius 1 is 1.06 bits per heavy atom. The minimum Gasteiger partial charge on any atom is -0.323 e. The molecule has 168 valence electrons. The number of ketones is 1. The second-order valence-corrected chi connectivity index (χ2v) is 8.93. The topological polar surface area (TPSA) is 113 Å². The fraction of sp³-hybridized carbons (Fsp3) is 0.136. The van der Waals surface area contributed by atoms with E-state index in [-0.39, 0.29) is 11.6 Å². The van der Waals surface area contributed by atoms with Crippen molar-refractivity contribution in [3.63, 3.8) is 0 Å². The standard InChI is InChI=1S/C22H18Cl2N6O2S/c1-2-12-11-14(19(31)13-7-3-4-8-15(13)23)20(33-12)18(21-27-29-30-28-21)26-22(32)25-17-10-6-5-9-16(17)24/h3-11,18H,2H2,1H3,(H2,25,26,32)(H,27,28,29,30). The van der Waals surface area contributed by atoms with Gasteiger partial charge in [-0.05, 0) is 47.2 Å². The summed E-state index contributed by atoms with van der Waals surface area (Å²) in [6.07, 6.45) is 0.709. The van der Waals surface area contributed by atoms with Crippen molar-refractivity contribution in [2.45, 2.75) is 19.4 Å². The summed E-state index contributed by atoms with van der Waals surface area (Å²) in [6.45, 7) is 1.99. The number of aromatic amines is 1. The number of amides is 2. The molecule has 2 aromatic carbocycles. The first-order valence-electron chi connectivity index (χ1n) is 9.95. The van der Waals surface area contributed by atoms with Gasteiger partial charge in [0.05, 0.1) is 15.7 Å². The lowest BCUT2D eigenvalue weighted by Gasteiger charge is -2.17. The first-order chi connectivity index (χ1) is 16.0. The van der Waals surface area contributed by atoms with E-state index in [9.17, 15) is 9.59 Å². The van der Waals surface area contributed by atoms with Gasteiger partial charge in [0, 0.05) is 20.9 Å². The number of benzene rings is 2. The van der Waals surface area contributed by atoms with Crippen LogP contribution in [0.15, 0.2) is 54.6 Å². The molecule has 0 spiro atoms. The van der Waals surface area contributed by atoms with Crippen LogP contribution in [0.25, 0.3) is 0 Å². The summed E-state index contributed by atoms with van der Waals surface area (Å²) in [5.41, 5.74) is 1.24. The van der Waals surface area contributed by atoms with Gasteiger partial charge < -0.3 is 10.6 Å². The van der Waals surface area contributed by atoms with Crippen LogP contribution in [0, 0.1) is 0 Å². The van der Waals surface area contributed by atoms with Crippen molar-refractivity contribution in [2.24, 2.45) is 0 Å². The molecule has 1 atom stereocenters. The second-order valence-electron chi connectivity index (χ2n) is 6.95.